The first-order chi connectivity index (χ1) is 7.99. The average molecular weight is 335 g/mol. The molecular formula is C12H10BrClFNS. The molecule has 0 aliphatic rings. The highest BCUT2D eigenvalue weighted by Crippen LogP contribution is 2.33. The van der Waals surface area contributed by atoms with Crippen LogP contribution in [0.15, 0.2) is 28.7 Å². The summed E-state index contributed by atoms with van der Waals surface area (Å²) in [6.07, 6.45) is 0. The molecule has 0 radical (unpaired) electrons. The zero-order valence-corrected chi connectivity index (χ0v) is 12.2. The topological polar surface area (TPSA) is 26.0 Å². The highest BCUT2D eigenvalue weighted by Gasteiger charge is 2.14. The molecule has 1 aromatic carbocycles. The van der Waals surface area contributed by atoms with E-state index in [2.05, 4.69) is 15.9 Å². The number of aryl methyl sites for hydroxylation is 1. The van der Waals surface area contributed by atoms with Gasteiger partial charge < -0.3 is 5.73 Å². The predicted molar refractivity (Wildman–Crippen MR) is 74.2 cm³/mol. The van der Waals surface area contributed by atoms with E-state index < -0.39 is 0 Å². The van der Waals surface area contributed by atoms with Gasteiger partial charge in [-0.2, -0.15) is 0 Å². The maximum Gasteiger partial charge on any atom is 0.137 e. The van der Waals surface area contributed by atoms with Gasteiger partial charge in [-0.15, -0.1) is 11.3 Å². The van der Waals surface area contributed by atoms with Crippen LogP contribution in [0.3, 0.4) is 0 Å². The lowest BCUT2D eigenvalue weighted by molar-refractivity contribution is 0.619. The summed E-state index contributed by atoms with van der Waals surface area (Å²) in [6, 6.07) is 6.48. The van der Waals surface area contributed by atoms with Crippen molar-refractivity contribution in [3.05, 3.63) is 54.9 Å². The maximum atomic E-state index is 13.1. The fourth-order valence-electron chi connectivity index (χ4n) is 1.51. The molecule has 0 amide bonds. The van der Waals surface area contributed by atoms with Crippen LogP contribution in [0.5, 0.6) is 0 Å². The van der Waals surface area contributed by atoms with E-state index in [1.54, 1.807) is 12.1 Å². The second-order valence-corrected chi connectivity index (χ2v) is 6.30. The van der Waals surface area contributed by atoms with Gasteiger partial charge >= 0.3 is 0 Å². The van der Waals surface area contributed by atoms with E-state index in [9.17, 15) is 4.39 Å². The van der Waals surface area contributed by atoms with Gasteiger partial charge in [0.25, 0.3) is 0 Å². The van der Waals surface area contributed by atoms with E-state index in [0.29, 0.717) is 4.47 Å². The summed E-state index contributed by atoms with van der Waals surface area (Å²) in [4.78, 5) is 0.978. The second kappa shape index (κ2) is 5.06. The van der Waals surface area contributed by atoms with Crippen molar-refractivity contribution in [1.29, 1.82) is 0 Å². The van der Waals surface area contributed by atoms with Crippen LogP contribution >= 0.6 is 38.9 Å². The van der Waals surface area contributed by atoms with Crippen LogP contribution in [0.25, 0.3) is 0 Å². The predicted octanol–water partition coefficient (Wildman–Crippen LogP) is 4.66. The lowest BCUT2D eigenvalue weighted by Crippen LogP contribution is -2.10. The van der Waals surface area contributed by atoms with Gasteiger partial charge in [-0.3, -0.25) is 0 Å². The average Bonchev–Trinajstić information content (AvgIpc) is 2.62. The standard InChI is InChI=1S/C12H10BrClFNS/c1-6-4-10(17-12(6)14)11(16)7-2-3-9(15)8(13)5-7/h2-5,11H,16H2,1H3. The summed E-state index contributed by atoms with van der Waals surface area (Å²) < 4.78 is 14.3. The monoisotopic (exact) mass is 333 g/mol. The van der Waals surface area contributed by atoms with Gasteiger partial charge in [-0.25, -0.2) is 4.39 Å². The largest absolute Gasteiger partial charge is 0.320 e. The summed E-state index contributed by atoms with van der Waals surface area (Å²) in [5.74, 6) is -0.290. The minimum absolute atomic E-state index is 0.275. The van der Waals surface area contributed by atoms with Crippen molar-refractivity contribution in [2.24, 2.45) is 5.73 Å². The first-order valence-corrected chi connectivity index (χ1v) is 6.94. The molecule has 2 rings (SSSR count). The van der Waals surface area contributed by atoms with Crippen LogP contribution in [0.1, 0.15) is 22.0 Å². The van der Waals surface area contributed by atoms with E-state index in [-0.39, 0.29) is 11.9 Å². The van der Waals surface area contributed by atoms with Gasteiger partial charge in [0.05, 0.1) is 14.9 Å². The Hall–Kier alpha value is -0.420. The molecule has 2 aromatic rings. The third kappa shape index (κ3) is 2.71. The van der Waals surface area contributed by atoms with Crippen molar-refractivity contribution < 1.29 is 4.39 Å². The summed E-state index contributed by atoms with van der Waals surface area (Å²) in [6.45, 7) is 1.94. The SMILES string of the molecule is Cc1cc(C(N)c2ccc(F)c(Br)c2)sc1Cl. The third-order valence-electron chi connectivity index (χ3n) is 2.49. The molecule has 17 heavy (non-hydrogen) atoms. The molecule has 0 aliphatic heterocycles. The molecule has 1 aromatic heterocycles. The minimum Gasteiger partial charge on any atom is -0.320 e. The molecule has 2 N–H and O–H groups in total. The van der Waals surface area contributed by atoms with Crippen molar-refractivity contribution in [3.63, 3.8) is 0 Å². The lowest BCUT2D eigenvalue weighted by atomic mass is 10.1. The van der Waals surface area contributed by atoms with Crippen LogP contribution in [-0.2, 0) is 0 Å². The van der Waals surface area contributed by atoms with Gasteiger partial charge in [0.15, 0.2) is 0 Å². The number of benzene rings is 1. The fourth-order valence-corrected chi connectivity index (χ4v) is 3.15. The lowest BCUT2D eigenvalue weighted by Gasteiger charge is -2.10. The van der Waals surface area contributed by atoms with Crippen LogP contribution in [0.4, 0.5) is 4.39 Å². The normalized spacial score (nSPS) is 12.8. The van der Waals surface area contributed by atoms with Crippen molar-refractivity contribution in [3.8, 4) is 0 Å². The molecular weight excluding hydrogens is 325 g/mol. The number of hydrogen-bond acceptors (Lipinski definition) is 2. The smallest absolute Gasteiger partial charge is 0.137 e. The maximum absolute atomic E-state index is 13.1. The molecule has 5 heteroatoms. The van der Waals surface area contributed by atoms with E-state index in [4.69, 9.17) is 17.3 Å². The Bertz CT molecular complexity index is 536. The summed E-state index contributed by atoms with van der Waals surface area (Å²) in [5.41, 5.74) is 8.00. The van der Waals surface area contributed by atoms with Crippen molar-refractivity contribution in [2.75, 3.05) is 0 Å². The van der Waals surface area contributed by atoms with Crippen LogP contribution in [0.2, 0.25) is 4.34 Å². The van der Waals surface area contributed by atoms with Crippen molar-refractivity contribution in [2.45, 2.75) is 13.0 Å². The number of hydrogen-bond donors (Lipinski definition) is 1. The van der Waals surface area contributed by atoms with E-state index in [1.165, 1.54) is 17.4 Å². The number of nitrogens with two attached hydrogens (primary N) is 1. The Morgan fingerprint density at radius 3 is 2.65 bits per heavy atom. The summed E-state index contributed by atoms with van der Waals surface area (Å²) in [5, 5.41) is 0. The zero-order valence-electron chi connectivity index (χ0n) is 9.01. The molecule has 0 aliphatic carbocycles. The van der Waals surface area contributed by atoms with E-state index in [1.807, 2.05) is 13.0 Å². The van der Waals surface area contributed by atoms with Crippen LogP contribution < -0.4 is 5.73 Å². The zero-order chi connectivity index (χ0) is 12.6. The Morgan fingerprint density at radius 2 is 2.12 bits per heavy atom. The van der Waals surface area contributed by atoms with Gasteiger partial charge in [0.1, 0.15) is 5.82 Å². The highest BCUT2D eigenvalue weighted by molar-refractivity contribution is 9.10. The Balaban J connectivity index is 2.36. The molecule has 0 saturated carbocycles. The van der Waals surface area contributed by atoms with Gasteiger partial charge in [-0.1, -0.05) is 17.7 Å². The quantitative estimate of drug-likeness (QED) is 0.849. The molecule has 1 heterocycles. The van der Waals surface area contributed by atoms with Crippen molar-refractivity contribution in [1.82, 2.24) is 0 Å². The molecule has 1 unspecified atom stereocenters. The van der Waals surface area contributed by atoms with Crippen molar-refractivity contribution >= 4 is 38.9 Å². The minimum atomic E-state index is -0.290. The highest BCUT2D eigenvalue weighted by atomic mass is 79.9. The number of thiophene rings is 1. The van der Waals surface area contributed by atoms with Gasteiger partial charge in [0.2, 0.25) is 0 Å². The van der Waals surface area contributed by atoms with Gasteiger partial charge in [-0.05, 0) is 52.2 Å². The second-order valence-electron chi connectivity index (χ2n) is 3.76. The number of rotatable bonds is 2. The summed E-state index contributed by atoms with van der Waals surface area (Å²) in [7, 11) is 0. The van der Waals surface area contributed by atoms with E-state index >= 15 is 0 Å². The first-order valence-electron chi connectivity index (χ1n) is 4.95. The molecule has 0 spiro atoms. The molecule has 0 saturated heterocycles. The summed E-state index contributed by atoms with van der Waals surface area (Å²) >= 11 is 10.6. The molecule has 1 nitrogen and oxygen atoms in total. The Morgan fingerprint density at radius 1 is 1.41 bits per heavy atom. The third-order valence-corrected chi connectivity index (χ3v) is 4.73. The number of halogens is 3. The fraction of sp³-hybridized carbons (Fsp3) is 0.167. The molecule has 0 fully saturated rings. The molecule has 0 bridgehead atoms. The van der Waals surface area contributed by atoms with Crippen LogP contribution in [0, 0.1) is 12.7 Å². The van der Waals surface area contributed by atoms with E-state index in [0.717, 1.165) is 20.3 Å². The first kappa shape index (κ1) is 13.0. The van der Waals surface area contributed by atoms with Crippen LogP contribution in [-0.4, -0.2) is 0 Å². The molecule has 1 atom stereocenters. The Kier molecular flexibility index (Phi) is 3.88. The van der Waals surface area contributed by atoms with Gasteiger partial charge in [0, 0.05) is 4.88 Å². The Labute approximate surface area is 117 Å². The molecule has 90 valence electrons.